The van der Waals surface area contributed by atoms with Crippen LogP contribution in [-0.4, -0.2) is 37.4 Å². The molecule has 0 aliphatic rings. The number of ether oxygens (including phenoxy) is 3. The highest BCUT2D eigenvalue weighted by Gasteiger charge is 2.28. The first-order valence-corrected chi connectivity index (χ1v) is 11.8. The molecule has 5 nitrogen and oxygen atoms in total. The van der Waals surface area contributed by atoms with Crippen LogP contribution in [-0.2, 0) is 30.2 Å². The number of hydrogen-bond acceptors (Lipinski definition) is 5. The van der Waals surface area contributed by atoms with Crippen LogP contribution in [0.2, 0.25) is 0 Å². The maximum absolute atomic E-state index is 12.6. The predicted octanol–water partition coefficient (Wildman–Crippen LogP) is 5.85. The lowest BCUT2D eigenvalue weighted by molar-refractivity contribution is -0.157. The standard InChI is InChI=1S/C28H38O5/c1-6-31-20-25(27(30)32-7-2)18-22(19-26(29)33-28(3,4)5)17-21-13-15-24(16-14-21)23-11-9-8-10-12-23/h8-16,22,25H,6-7,17-20H2,1-5H3/t22-,25+/m1/s1. The molecule has 0 aromatic heterocycles. The molecule has 0 aliphatic heterocycles. The molecule has 0 saturated heterocycles. The van der Waals surface area contributed by atoms with Crippen molar-refractivity contribution in [2.24, 2.45) is 11.8 Å². The van der Waals surface area contributed by atoms with Gasteiger partial charge in [-0.15, -0.1) is 0 Å². The number of carbonyl (C=O) groups is 2. The Morgan fingerprint density at radius 3 is 2.09 bits per heavy atom. The summed E-state index contributed by atoms with van der Waals surface area (Å²) < 4.78 is 16.4. The van der Waals surface area contributed by atoms with Crippen LogP contribution in [0.3, 0.4) is 0 Å². The van der Waals surface area contributed by atoms with Crippen molar-refractivity contribution < 1.29 is 23.8 Å². The third-order valence-electron chi connectivity index (χ3n) is 5.22. The fourth-order valence-corrected chi connectivity index (χ4v) is 3.81. The van der Waals surface area contributed by atoms with Crippen molar-refractivity contribution in [3.63, 3.8) is 0 Å². The van der Waals surface area contributed by atoms with Gasteiger partial charge in [0.15, 0.2) is 0 Å². The molecule has 5 heteroatoms. The normalized spacial score (nSPS) is 13.2. The third-order valence-corrected chi connectivity index (χ3v) is 5.22. The number of carbonyl (C=O) groups excluding carboxylic acids is 2. The second kappa shape index (κ2) is 13.1. The fourth-order valence-electron chi connectivity index (χ4n) is 3.81. The smallest absolute Gasteiger partial charge is 0.311 e. The quantitative estimate of drug-likeness (QED) is 0.377. The highest BCUT2D eigenvalue weighted by atomic mass is 16.6. The number of rotatable bonds is 12. The van der Waals surface area contributed by atoms with E-state index in [0.717, 1.165) is 16.7 Å². The van der Waals surface area contributed by atoms with Crippen LogP contribution in [0.25, 0.3) is 11.1 Å². The molecule has 0 bridgehead atoms. The molecule has 0 radical (unpaired) electrons. The van der Waals surface area contributed by atoms with Gasteiger partial charge in [0.2, 0.25) is 0 Å². The molecule has 0 unspecified atom stereocenters. The van der Waals surface area contributed by atoms with Gasteiger partial charge in [-0.3, -0.25) is 9.59 Å². The van der Waals surface area contributed by atoms with Gasteiger partial charge in [0.25, 0.3) is 0 Å². The lowest BCUT2D eigenvalue weighted by Gasteiger charge is -2.25. The van der Waals surface area contributed by atoms with Crippen LogP contribution >= 0.6 is 0 Å². The lowest BCUT2D eigenvalue weighted by Crippen LogP contribution is -2.29. The Bertz CT molecular complexity index is 852. The van der Waals surface area contributed by atoms with Gasteiger partial charge in [-0.05, 0) is 70.1 Å². The maximum Gasteiger partial charge on any atom is 0.311 e. The highest BCUT2D eigenvalue weighted by molar-refractivity contribution is 5.73. The third kappa shape index (κ3) is 9.79. The average Bonchev–Trinajstić information content (AvgIpc) is 2.76. The van der Waals surface area contributed by atoms with Gasteiger partial charge in [-0.25, -0.2) is 0 Å². The van der Waals surface area contributed by atoms with Crippen LogP contribution in [0.4, 0.5) is 0 Å². The van der Waals surface area contributed by atoms with E-state index >= 15 is 0 Å². The van der Waals surface area contributed by atoms with E-state index < -0.39 is 11.5 Å². The van der Waals surface area contributed by atoms with E-state index in [-0.39, 0.29) is 30.9 Å². The molecule has 180 valence electrons. The van der Waals surface area contributed by atoms with E-state index in [2.05, 4.69) is 36.4 Å². The minimum atomic E-state index is -0.551. The van der Waals surface area contributed by atoms with Gasteiger partial charge in [-0.1, -0.05) is 54.6 Å². The Morgan fingerprint density at radius 2 is 1.52 bits per heavy atom. The molecule has 0 amide bonds. The Hall–Kier alpha value is -2.66. The van der Waals surface area contributed by atoms with E-state index in [0.29, 0.717) is 26.1 Å². The molecule has 2 rings (SSSR count). The minimum absolute atomic E-state index is 0.0720. The van der Waals surface area contributed by atoms with Gasteiger partial charge in [0.1, 0.15) is 5.60 Å². The van der Waals surface area contributed by atoms with Crippen LogP contribution in [0.1, 0.15) is 53.0 Å². The van der Waals surface area contributed by atoms with Crippen molar-refractivity contribution >= 4 is 11.9 Å². The first-order chi connectivity index (χ1) is 15.7. The molecule has 2 aromatic carbocycles. The molecule has 0 N–H and O–H groups in total. The van der Waals surface area contributed by atoms with Crippen molar-refractivity contribution in [2.45, 2.75) is 59.5 Å². The second-order valence-electron chi connectivity index (χ2n) is 9.27. The van der Waals surface area contributed by atoms with Gasteiger partial charge in [0, 0.05) is 13.0 Å². The molecule has 0 saturated carbocycles. The first-order valence-electron chi connectivity index (χ1n) is 11.8. The molecule has 2 atom stereocenters. The second-order valence-corrected chi connectivity index (χ2v) is 9.27. The number of esters is 2. The molecular formula is C28H38O5. The van der Waals surface area contributed by atoms with E-state index in [9.17, 15) is 9.59 Å². The van der Waals surface area contributed by atoms with Crippen molar-refractivity contribution in [1.29, 1.82) is 0 Å². The van der Waals surface area contributed by atoms with Crippen LogP contribution in [0.5, 0.6) is 0 Å². The molecule has 0 spiro atoms. The SMILES string of the molecule is CCOC[C@H](C[C@H](CC(=O)OC(C)(C)C)Cc1ccc(-c2ccccc2)cc1)C(=O)OCC. The predicted molar refractivity (Wildman–Crippen MR) is 131 cm³/mol. The van der Waals surface area contributed by atoms with E-state index in [4.69, 9.17) is 14.2 Å². The van der Waals surface area contributed by atoms with Crippen LogP contribution in [0, 0.1) is 11.8 Å². The summed E-state index contributed by atoms with van der Waals surface area (Å²) in [6.07, 6.45) is 1.40. The summed E-state index contributed by atoms with van der Waals surface area (Å²) >= 11 is 0. The average molecular weight is 455 g/mol. The van der Waals surface area contributed by atoms with Gasteiger partial charge >= 0.3 is 11.9 Å². The molecule has 0 fully saturated rings. The van der Waals surface area contributed by atoms with Crippen molar-refractivity contribution in [3.05, 3.63) is 60.2 Å². The molecular weight excluding hydrogens is 416 g/mol. The Balaban J connectivity index is 2.18. The fraction of sp³-hybridized carbons (Fsp3) is 0.500. The van der Waals surface area contributed by atoms with Crippen molar-refractivity contribution in [1.82, 2.24) is 0 Å². The first kappa shape index (κ1) is 26.6. The Kier molecular flexibility index (Phi) is 10.6. The minimum Gasteiger partial charge on any atom is -0.466 e. The van der Waals surface area contributed by atoms with Crippen LogP contribution in [0.15, 0.2) is 54.6 Å². The zero-order valence-electron chi connectivity index (χ0n) is 20.6. The summed E-state index contributed by atoms with van der Waals surface area (Å²) in [7, 11) is 0. The summed E-state index contributed by atoms with van der Waals surface area (Å²) in [4.78, 5) is 25.2. The zero-order valence-corrected chi connectivity index (χ0v) is 20.6. The summed E-state index contributed by atoms with van der Waals surface area (Å²) in [6.45, 7) is 10.4. The molecule has 2 aromatic rings. The van der Waals surface area contributed by atoms with E-state index in [1.807, 2.05) is 45.9 Å². The van der Waals surface area contributed by atoms with Crippen molar-refractivity contribution in [3.8, 4) is 11.1 Å². The lowest BCUT2D eigenvalue weighted by atomic mass is 9.87. The van der Waals surface area contributed by atoms with Crippen LogP contribution < -0.4 is 0 Å². The summed E-state index contributed by atoms with van der Waals surface area (Å²) in [6, 6.07) is 18.6. The topological polar surface area (TPSA) is 61.8 Å². The summed E-state index contributed by atoms with van der Waals surface area (Å²) in [5.41, 5.74) is 2.87. The van der Waals surface area contributed by atoms with E-state index in [1.165, 1.54) is 0 Å². The zero-order chi connectivity index (χ0) is 24.3. The highest BCUT2D eigenvalue weighted by Crippen LogP contribution is 2.26. The van der Waals surface area contributed by atoms with Gasteiger partial charge < -0.3 is 14.2 Å². The summed E-state index contributed by atoms with van der Waals surface area (Å²) in [5.74, 6) is -1.02. The summed E-state index contributed by atoms with van der Waals surface area (Å²) in [5, 5.41) is 0. The monoisotopic (exact) mass is 454 g/mol. The van der Waals surface area contributed by atoms with Gasteiger partial charge in [0.05, 0.1) is 19.1 Å². The van der Waals surface area contributed by atoms with Crippen molar-refractivity contribution in [2.75, 3.05) is 19.8 Å². The number of hydrogen-bond donors (Lipinski definition) is 0. The molecule has 33 heavy (non-hydrogen) atoms. The Labute approximate surface area is 198 Å². The Morgan fingerprint density at radius 1 is 0.879 bits per heavy atom. The molecule has 0 aliphatic carbocycles. The molecule has 0 heterocycles. The van der Waals surface area contributed by atoms with E-state index in [1.54, 1.807) is 6.92 Å². The maximum atomic E-state index is 12.6. The van der Waals surface area contributed by atoms with Gasteiger partial charge in [-0.2, -0.15) is 0 Å². The largest absolute Gasteiger partial charge is 0.466 e. The number of benzene rings is 2.